The molecule has 1 rings (SSSR count). The number of rotatable bonds is 6. The van der Waals surface area contributed by atoms with Gasteiger partial charge in [-0.05, 0) is 42.9 Å². The number of aryl methyl sites for hydroxylation is 1. The molecule has 0 aromatic heterocycles. The summed E-state index contributed by atoms with van der Waals surface area (Å²) in [6.07, 6.45) is 2.39. The molecule has 0 saturated heterocycles. The van der Waals surface area contributed by atoms with Crippen molar-refractivity contribution in [2.45, 2.75) is 53.5 Å². The molecule has 0 aliphatic heterocycles. The van der Waals surface area contributed by atoms with Gasteiger partial charge in [0.1, 0.15) is 0 Å². The second kappa shape index (κ2) is 6.20. The first-order chi connectivity index (χ1) is 7.91. The quantitative estimate of drug-likeness (QED) is 0.784. The van der Waals surface area contributed by atoms with E-state index < -0.39 is 0 Å². The normalized spacial score (nSPS) is 12.1. The Balaban J connectivity index is 2.51. The lowest BCUT2D eigenvalue weighted by molar-refractivity contribution is 0.320. The molecule has 0 aliphatic carbocycles. The molecule has 1 nitrogen and oxygen atoms in total. The smallest absolute Gasteiger partial charge is 0.00103 e. The standard InChI is InChI=1S/C16H27N/c1-13(2)17-11-10-16(4,5)12-15-9-7-6-8-14(15)3/h6-9,13,17H,10-12H2,1-5H3. The van der Waals surface area contributed by atoms with Crippen LogP contribution in [0.1, 0.15) is 45.2 Å². The second-order valence-corrected chi connectivity index (χ2v) is 6.13. The van der Waals surface area contributed by atoms with Gasteiger partial charge in [-0.3, -0.25) is 0 Å². The highest BCUT2D eigenvalue weighted by atomic mass is 14.9. The molecule has 0 aliphatic rings. The highest BCUT2D eigenvalue weighted by Crippen LogP contribution is 2.26. The van der Waals surface area contributed by atoms with Crippen LogP contribution in [0.25, 0.3) is 0 Å². The van der Waals surface area contributed by atoms with E-state index in [1.54, 1.807) is 0 Å². The second-order valence-electron chi connectivity index (χ2n) is 6.13. The Kier molecular flexibility index (Phi) is 5.20. The lowest BCUT2D eigenvalue weighted by Crippen LogP contribution is -2.28. The Morgan fingerprint density at radius 2 is 1.82 bits per heavy atom. The first kappa shape index (κ1) is 14.2. The van der Waals surface area contributed by atoms with Gasteiger partial charge in [-0.2, -0.15) is 0 Å². The molecule has 0 saturated carbocycles. The molecule has 1 aromatic rings. The average Bonchev–Trinajstić information content (AvgIpc) is 2.20. The lowest BCUT2D eigenvalue weighted by atomic mass is 9.81. The van der Waals surface area contributed by atoms with Crippen molar-refractivity contribution < 1.29 is 0 Å². The van der Waals surface area contributed by atoms with Crippen molar-refractivity contribution in [2.75, 3.05) is 6.54 Å². The number of hydrogen-bond acceptors (Lipinski definition) is 1. The first-order valence-electron chi connectivity index (χ1n) is 6.68. The highest BCUT2D eigenvalue weighted by molar-refractivity contribution is 5.26. The van der Waals surface area contributed by atoms with Gasteiger partial charge in [0.15, 0.2) is 0 Å². The summed E-state index contributed by atoms with van der Waals surface area (Å²) < 4.78 is 0. The maximum atomic E-state index is 3.50. The van der Waals surface area contributed by atoms with E-state index in [0.29, 0.717) is 11.5 Å². The van der Waals surface area contributed by atoms with Crippen molar-refractivity contribution in [2.24, 2.45) is 5.41 Å². The van der Waals surface area contributed by atoms with Crippen LogP contribution in [0, 0.1) is 12.3 Å². The third kappa shape index (κ3) is 5.36. The molecule has 17 heavy (non-hydrogen) atoms. The van der Waals surface area contributed by atoms with E-state index in [0.717, 1.165) is 6.54 Å². The molecule has 0 fully saturated rings. The summed E-state index contributed by atoms with van der Waals surface area (Å²) >= 11 is 0. The largest absolute Gasteiger partial charge is 0.315 e. The Bertz CT molecular complexity index is 339. The number of nitrogens with one attached hydrogen (secondary N) is 1. The van der Waals surface area contributed by atoms with E-state index in [-0.39, 0.29) is 0 Å². The van der Waals surface area contributed by atoms with E-state index >= 15 is 0 Å². The summed E-state index contributed by atoms with van der Waals surface area (Å²) in [5.41, 5.74) is 3.27. The minimum atomic E-state index is 0.369. The Hall–Kier alpha value is -0.820. The van der Waals surface area contributed by atoms with Gasteiger partial charge < -0.3 is 5.32 Å². The van der Waals surface area contributed by atoms with Crippen LogP contribution in [-0.2, 0) is 6.42 Å². The van der Waals surface area contributed by atoms with Gasteiger partial charge in [0.2, 0.25) is 0 Å². The van der Waals surface area contributed by atoms with Crippen molar-refractivity contribution >= 4 is 0 Å². The molecule has 1 aromatic carbocycles. The third-order valence-corrected chi connectivity index (χ3v) is 3.28. The van der Waals surface area contributed by atoms with Crippen molar-refractivity contribution in [1.29, 1.82) is 0 Å². The van der Waals surface area contributed by atoms with Gasteiger partial charge in [0.25, 0.3) is 0 Å². The predicted octanol–water partition coefficient (Wildman–Crippen LogP) is 3.95. The van der Waals surface area contributed by atoms with E-state index in [1.807, 2.05) is 0 Å². The zero-order chi connectivity index (χ0) is 12.9. The predicted molar refractivity (Wildman–Crippen MR) is 76.4 cm³/mol. The Morgan fingerprint density at radius 1 is 1.18 bits per heavy atom. The Morgan fingerprint density at radius 3 is 2.41 bits per heavy atom. The van der Waals surface area contributed by atoms with Gasteiger partial charge >= 0.3 is 0 Å². The Labute approximate surface area is 107 Å². The monoisotopic (exact) mass is 233 g/mol. The minimum absolute atomic E-state index is 0.369. The molecule has 0 atom stereocenters. The molecule has 0 amide bonds. The molecule has 0 spiro atoms. The first-order valence-corrected chi connectivity index (χ1v) is 6.68. The van der Waals surface area contributed by atoms with Crippen LogP contribution >= 0.6 is 0 Å². The summed E-state index contributed by atoms with van der Waals surface area (Å²) in [5.74, 6) is 0. The van der Waals surface area contributed by atoms with Crippen molar-refractivity contribution in [3.8, 4) is 0 Å². The molecule has 0 bridgehead atoms. The molecular weight excluding hydrogens is 206 g/mol. The van der Waals surface area contributed by atoms with E-state index in [1.165, 1.54) is 24.0 Å². The van der Waals surface area contributed by atoms with Crippen LogP contribution in [0.2, 0.25) is 0 Å². The van der Waals surface area contributed by atoms with Crippen molar-refractivity contribution in [3.63, 3.8) is 0 Å². The maximum Gasteiger partial charge on any atom is 0.00103 e. The maximum absolute atomic E-state index is 3.50. The van der Waals surface area contributed by atoms with E-state index in [2.05, 4.69) is 64.2 Å². The minimum Gasteiger partial charge on any atom is -0.315 e. The SMILES string of the molecule is Cc1ccccc1CC(C)(C)CCNC(C)C. The lowest BCUT2D eigenvalue weighted by Gasteiger charge is -2.26. The van der Waals surface area contributed by atoms with Gasteiger partial charge in [-0.1, -0.05) is 52.0 Å². The zero-order valence-electron chi connectivity index (χ0n) is 12.0. The van der Waals surface area contributed by atoms with Crippen molar-refractivity contribution in [3.05, 3.63) is 35.4 Å². The molecule has 0 unspecified atom stereocenters. The van der Waals surface area contributed by atoms with Crippen LogP contribution in [0.5, 0.6) is 0 Å². The van der Waals surface area contributed by atoms with Crippen molar-refractivity contribution in [1.82, 2.24) is 5.32 Å². The van der Waals surface area contributed by atoms with Crippen LogP contribution in [-0.4, -0.2) is 12.6 Å². The molecule has 0 heterocycles. The summed E-state index contributed by atoms with van der Waals surface area (Å²) in [5, 5.41) is 3.50. The third-order valence-electron chi connectivity index (χ3n) is 3.28. The summed E-state index contributed by atoms with van der Waals surface area (Å²) in [6, 6.07) is 9.31. The number of hydrogen-bond donors (Lipinski definition) is 1. The fourth-order valence-corrected chi connectivity index (χ4v) is 2.11. The van der Waals surface area contributed by atoms with Gasteiger partial charge in [0, 0.05) is 6.04 Å². The molecule has 96 valence electrons. The van der Waals surface area contributed by atoms with Gasteiger partial charge in [0.05, 0.1) is 0 Å². The van der Waals surface area contributed by atoms with Gasteiger partial charge in [-0.15, -0.1) is 0 Å². The fraction of sp³-hybridized carbons (Fsp3) is 0.625. The van der Waals surface area contributed by atoms with Gasteiger partial charge in [-0.25, -0.2) is 0 Å². The molecule has 1 N–H and O–H groups in total. The molecule has 0 radical (unpaired) electrons. The van der Waals surface area contributed by atoms with Crippen LogP contribution in [0.15, 0.2) is 24.3 Å². The van der Waals surface area contributed by atoms with E-state index in [9.17, 15) is 0 Å². The topological polar surface area (TPSA) is 12.0 Å². The van der Waals surface area contributed by atoms with E-state index in [4.69, 9.17) is 0 Å². The fourth-order valence-electron chi connectivity index (χ4n) is 2.11. The molecule has 1 heteroatoms. The highest BCUT2D eigenvalue weighted by Gasteiger charge is 2.18. The van der Waals surface area contributed by atoms with Crippen LogP contribution in [0.4, 0.5) is 0 Å². The summed E-state index contributed by atoms with van der Waals surface area (Å²) in [7, 11) is 0. The number of benzene rings is 1. The van der Waals surface area contributed by atoms with Crippen LogP contribution < -0.4 is 5.32 Å². The average molecular weight is 233 g/mol. The van der Waals surface area contributed by atoms with Crippen LogP contribution in [0.3, 0.4) is 0 Å². The zero-order valence-corrected chi connectivity index (χ0v) is 12.0. The summed E-state index contributed by atoms with van der Waals surface area (Å²) in [4.78, 5) is 0. The summed E-state index contributed by atoms with van der Waals surface area (Å²) in [6.45, 7) is 12.4. The molecular formula is C16H27N.